The average Bonchev–Trinajstić information content (AvgIpc) is 2.49. The number of halogens is 1. The van der Waals surface area contributed by atoms with E-state index < -0.39 is 0 Å². The number of aldehydes is 1. The zero-order chi connectivity index (χ0) is 10.5. The van der Waals surface area contributed by atoms with Crippen molar-refractivity contribution in [1.82, 2.24) is 9.78 Å². The summed E-state index contributed by atoms with van der Waals surface area (Å²) >= 11 is 5.85. The summed E-state index contributed by atoms with van der Waals surface area (Å²) in [5.41, 5.74) is 0.633. The van der Waals surface area contributed by atoms with Crippen LogP contribution in [0.4, 0.5) is 0 Å². The Morgan fingerprint density at radius 1 is 1.53 bits per heavy atom. The van der Waals surface area contributed by atoms with Crippen LogP contribution in [-0.2, 0) is 6.54 Å². The van der Waals surface area contributed by atoms with Gasteiger partial charge in [0, 0.05) is 5.41 Å². The van der Waals surface area contributed by atoms with Crippen molar-refractivity contribution in [2.24, 2.45) is 5.41 Å². The molecular weight excluding hydrogens is 216 g/mol. The molecule has 0 unspecified atom stereocenters. The first-order valence-electron chi connectivity index (χ1n) is 5.08. The summed E-state index contributed by atoms with van der Waals surface area (Å²) in [5, 5.41) is 4.37. The molecule has 0 amide bonds. The Hall–Kier alpha value is -1.03. The number of fused-ring (bicyclic) bond motifs is 1. The van der Waals surface area contributed by atoms with E-state index in [1.807, 2.05) is 0 Å². The van der Waals surface area contributed by atoms with Crippen LogP contribution in [0.3, 0.4) is 0 Å². The fourth-order valence-corrected chi connectivity index (χ4v) is 2.57. The van der Waals surface area contributed by atoms with Gasteiger partial charge in [0.1, 0.15) is 5.56 Å². The average molecular weight is 227 g/mol. The van der Waals surface area contributed by atoms with E-state index in [0.717, 1.165) is 6.54 Å². The quantitative estimate of drug-likeness (QED) is 0.687. The first-order chi connectivity index (χ1) is 7.24. The standard InChI is InChI=1S/C10H11ClN2O2/c11-8-7(4-14)9-13(12-8)5-10(6-15-9)2-1-3-10/h4H,1-3,5-6H2. The third kappa shape index (κ3) is 1.21. The van der Waals surface area contributed by atoms with Crippen molar-refractivity contribution >= 4 is 17.9 Å². The third-order valence-corrected chi connectivity index (χ3v) is 3.71. The molecule has 5 heteroatoms. The summed E-state index contributed by atoms with van der Waals surface area (Å²) in [5.74, 6) is 0.535. The minimum atomic E-state index is 0.247. The van der Waals surface area contributed by atoms with Crippen LogP contribution in [0.15, 0.2) is 0 Å². The van der Waals surface area contributed by atoms with E-state index in [0.29, 0.717) is 24.3 Å². The fourth-order valence-electron chi connectivity index (χ4n) is 2.36. The second-order valence-electron chi connectivity index (χ2n) is 4.43. The van der Waals surface area contributed by atoms with Crippen LogP contribution in [0, 0.1) is 5.41 Å². The molecule has 1 aromatic rings. The maximum absolute atomic E-state index is 10.8. The topological polar surface area (TPSA) is 44.1 Å². The van der Waals surface area contributed by atoms with Crippen LogP contribution in [0.5, 0.6) is 5.88 Å². The Labute approximate surface area is 92.2 Å². The van der Waals surface area contributed by atoms with Crippen molar-refractivity contribution < 1.29 is 9.53 Å². The van der Waals surface area contributed by atoms with E-state index in [9.17, 15) is 4.79 Å². The molecule has 0 saturated heterocycles. The fraction of sp³-hybridized carbons (Fsp3) is 0.600. The smallest absolute Gasteiger partial charge is 0.224 e. The lowest BCUT2D eigenvalue weighted by atomic mass is 9.69. The van der Waals surface area contributed by atoms with Crippen LogP contribution in [-0.4, -0.2) is 22.7 Å². The molecule has 1 fully saturated rings. The molecule has 1 spiro atoms. The van der Waals surface area contributed by atoms with Crippen LogP contribution in [0.25, 0.3) is 0 Å². The lowest BCUT2D eigenvalue weighted by molar-refractivity contribution is 0.00157. The van der Waals surface area contributed by atoms with Gasteiger partial charge >= 0.3 is 0 Å². The zero-order valence-corrected chi connectivity index (χ0v) is 8.96. The molecule has 0 bridgehead atoms. The number of nitrogens with zero attached hydrogens (tertiary/aromatic N) is 2. The van der Waals surface area contributed by atoms with Gasteiger partial charge in [-0.3, -0.25) is 4.79 Å². The number of rotatable bonds is 1. The minimum absolute atomic E-state index is 0.247. The predicted molar refractivity (Wildman–Crippen MR) is 54.4 cm³/mol. The molecule has 0 aromatic carbocycles. The van der Waals surface area contributed by atoms with Gasteiger partial charge in [-0.15, -0.1) is 0 Å². The first-order valence-corrected chi connectivity index (χ1v) is 5.46. The normalized spacial score (nSPS) is 21.7. The predicted octanol–water partition coefficient (Wildman–Crippen LogP) is 1.91. The molecule has 15 heavy (non-hydrogen) atoms. The SMILES string of the molecule is O=Cc1c(Cl)nn2c1OCC1(CCC1)C2. The number of carbonyl (C=O) groups is 1. The largest absolute Gasteiger partial charge is 0.477 e. The Bertz CT molecular complexity index is 423. The molecule has 0 atom stereocenters. The monoisotopic (exact) mass is 226 g/mol. The van der Waals surface area contributed by atoms with Gasteiger partial charge in [-0.1, -0.05) is 18.0 Å². The number of hydrogen-bond acceptors (Lipinski definition) is 3. The van der Waals surface area contributed by atoms with Gasteiger partial charge in [0.05, 0.1) is 13.2 Å². The van der Waals surface area contributed by atoms with Gasteiger partial charge in [0.15, 0.2) is 11.4 Å². The molecule has 0 radical (unpaired) electrons. The van der Waals surface area contributed by atoms with E-state index in [4.69, 9.17) is 16.3 Å². The molecule has 80 valence electrons. The van der Waals surface area contributed by atoms with Crippen molar-refractivity contribution in [3.8, 4) is 5.88 Å². The molecule has 2 heterocycles. The van der Waals surface area contributed by atoms with Gasteiger partial charge in [-0.05, 0) is 12.8 Å². The van der Waals surface area contributed by atoms with E-state index >= 15 is 0 Å². The maximum atomic E-state index is 10.8. The van der Waals surface area contributed by atoms with Gasteiger partial charge in [0.25, 0.3) is 0 Å². The van der Waals surface area contributed by atoms with Crippen molar-refractivity contribution in [2.45, 2.75) is 25.8 Å². The third-order valence-electron chi connectivity index (χ3n) is 3.43. The lowest BCUT2D eigenvalue weighted by Gasteiger charge is -2.44. The molecule has 0 N–H and O–H groups in total. The Kier molecular flexibility index (Phi) is 1.83. The van der Waals surface area contributed by atoms with Crippen molar-refractivity contribution in [3.63, 3.8) is 0 Å². The maximum Gasteiger partial charge on any atom is 0.224 e. The second-order valence-corrected chi connectivity index (χ2v) is 4.79. The highest BCUT2D eigenvalue weighted by molar-refractivity contribution is 6.32. The number of aromatic nitrogens is 2. The van der Waals surface area contributed by atoms with Crippen molar-refractivity contribution in [2.75, 3.05) is 6.61 Å². The summed E-state index contributed by atoms with van der Waals surface area (Å²) in [6.45, 7) is 1.52. The van der Waals surface area contributed by atoms with Crippen LogP contribution >= 0.6 is 11.6 Å². The van der Waals surface area contributed by atoms with Gasteiger partial charge in [0.2, 0.25) is 5.88 Å². The lowest BCUT2D eigenvalue weighted by Crippen LogP contribution is -2.43. The van der Waals surface area contributed by atoms with Crippen LogP contribution in [0.2, 0.25) is 5.15 Å². The summed E-state index contributed by atoms with van der Waals surface area (Å²) < 4.78 is 7.34. The summed E-state index contributed by atoms with van der Waals surface area (Å²) in [6, 6.07) is 0. The number of hydrogen-bond donors (Lipinski definition) is 0. The molecule has 2 aliphatic rings. The van der Waals surface area contributed by atoms with Crippen molar-refractivity contribution in [3.05, 3.63) is 10.7 Å². The van der Waals surface area contributed by atoms with E-state index in [-0.39, 0.29) is 10.6 Å². The first kappa shape index (κ1) is 9.21. The number of ether oxygens (including phenoxy) is 1. The van der Waals surface area contributed by atoms with E-state index in [2.05, 4.69) is 5.10 Å². The number of carbonyl (C=O) groups excluding carboxylic acids is 1. The van der Waals surface area contributed by atoms with Gasteiger partial charge in [-0.25, -0.2) is 4.68 Å². The molecule has 1 saturated carbocycles. The molecule has 1 aliphatic heterocycles. The minimum Gasteiger partial charge on any atom is -0.477 e. The highest BCUT2D eigenvalue weighted by atomic mass is 35.5. The summed E-state index contributed by atoms with van der Waals surface area (Å²) in [4.78, 5) is 10.8. The molecule has 1 aromatic heterocycles. The summed E-state index contributed by atoms with van der Waals surface area (Å²) in [6.07, 6.45) is 4.33. The molecular formula is C10H11ClN2O2. The molecule has 3 rings (SSSR count). The Balaban J connectivity index is 2.00. The van der Waals surface area contributed by atoms with E-state index in [1.54, 1.807) is 4.68 Å². The Morgan fingerprint density at radius 3 is 2.93 bits per heavy atom. The molecule has 4 nitrogen and oxygen atoms in total. The molecule has 1 aliphatic carbocycles. The van der Waals surface area contributed by atoms with Crippen LogP contribution < -0.4 is 4.74 Å². The van der Waals surface area contributed by atoms with E-state index in [1.165, 1.54) is 19.3 Å². The highest BCUT2D eigenvalue weighted by Crippen LogP contribution is 2.46. The second kappa shape index (κ2) is 2.98. The van der Waals surface area contributed by atoms with Gasteiger partial charge < -0.3 is 4.74 Å². The zero-order valence-electron chi connectivity index (χ0n) is 8.20. The van der Waals surface area contributed by atoms with Crippen LogP contribution in [0.1, 0.15) is 29.6 Å². The Morgan fingerprint density at radius 2 is 2.33 bits per heavy atom. The summed E-state index contributed by atoms with van der Waals surface area (Å²) in [7, 11) is 0. The highest BCUT2D eigenvalue weighted by Gasteiger charge is 2.42. The van der Waals surface area contributed by atoms with Crippen molar-refractivity contribution in [1.29, 1.82) is 0 Å². The van der Waals surface area contributed by atoms with Gasteiger partial charge in [-0.2, -0.15) is 5.10 Å².